The Morgan fingerprint density at radius 3 is 0.833 bits per heavy atom. The zero-order valence-electron chi connectivity index (χ0n) is 1.92. The van der Waals surface area contributed by atoms with Gasteiger partial charge in [0.25, 0.3) is 0 Å². The predicted molar refractivity (Wildman–Crippen MR) is 11.6 cm³/mol. The van der Waals surface area contributed by atoms with E-state index in [2.05, 4.69) is 0 Å². The first-order chi connectivity index (χ1) is 2.00. The summed E-state index contributed by atoms with van der Waals surface area (Å²) in [6, 6.07) is 0. The molecule has 0 heterocycles. The molecule has 0 bridgehead atoms. The first-order valence-electron chi connectivity index (χ1n) is 0.617. The molecule has 0 aromatic heterocycles. The normalized spacial score (nSPS) is 12.7. The van der Waals surface area contributed by atoms with Gasteiger partial charge in [-0.2, -0.15) is 0 Å². The van der Waals surface area contributed by atoms with Crippen LogP contribution in [0.3, 0.4) is 0 Å². The molecule has 0 rings (SSSR count). The molecule has 0 aromatic rings. The van der Waals surface area contributed by atoms with Gasteiger partial charge in [0.15, 0.2) is 0 Å². The van der Waals surface area contributed by atoms with Gasteiger partial charge in [0, 0.05) is 0 Å². The fourth-order valence-corrected chi connectivity index (χ4v) is 0. The van der Waals surface area contributed by atoms with Crippen molar-refractivity contribution in [3.05, 3.63) is 0 Å². The van der Waals surface area contributed by atoms with Crippen LogP contribution in [0, 0.1) is 35.4 Å². The molecule has 0 spiro atoms. The fourth-order valence-electron chi connectivity index (χ4n) is 0. The number of rotatable bonds is 0. The van der Waals surface area contributed by atoms with E-state index in [-0.39, 0.29) is 29.6 Å². The van der Waals surface area contributed by atoms with Gasteiger partial charge >= 0.3 is 69.3 Å². The van der Waals surface area contributed by atoms with E-state index in [1.165, 1.54) is 0 Å². The fraction of sp³-hybridized carbons (Fsp3) is 0. The van der Waals surface area contributed by atoms with Crippen molar-refractivity contribution in [2.75, 3.05) is 0 Å². The van der Waals surface area contributed by atoms with Crippen LogP contribution in [0.2, 0.25) is 0 Å². The summed E-state index contributed by atoms with van der Waals surface area (Å²) in [6.45, 7) is 0. The number of hydrogen-bond donors (Lipinski definition) is 0. The summed E-state index contributed by atoms with van der Waals surface area (Å²) in [5, 5.41) is 0. The molecule has 0 N–H and O–H groups in total. The summed E-state index contributed by atoms with van der Waals surface area (Å²) < 4.78 is 39.6. The Kier molecular flexibility index (Phi) is 7.27. The van der Waals surface area contributed by atoms with Crippen LogP contribution in [-0.2, 0) is 0 Å². The second kappa shape index (κ2) is 3.99. The van der Waals surface area contributed by atoms with Crippen LogP contribution in [0.15, 0.2) is 0 Å². The Labute approximate surface area is 67.8 Å². The van der Waals surface area contributed by atoms with Gasteiger partial charge in [-0.3, -0.25) is 0 Å². The van der Waals surface area contributed by atoms with E-state index in [4.69, 9.17) is 0 Å². The van der Waals surface area contributed by atoms with E-state index in [0.717, 1.165) is 0 Å². The number of halogens is 4. The minimum absolute atomic E-state index is 0. The summed E-state index contributed by atoms with van der Waals surface area (Å²) >= 11 is -7.17. The SMILES string of the molecule is [F][Sm]([F])([F])[F].[NaH]. The van der Waals surface area contributed by atoms with Crippen LogP contribution >= 0.6 is 0 Å². The summed E-state index contributed by atoms with van der Waals surface area (Å²) in [6.07, 6.45) is 0. The van der Waals surface area contributed by atoms with Gasteiger partial charge < -0.3 is 0 Å². The van der Waals surface area contributed by atoms with Crippen molar-refractivity contribution in [3.8, 4) is 0 Å². The van der Waals surface area contributed by atoms with Gasteiger partial charge in [0.1, 0.15) is 0 Å². The first kappa shape index (κ1) is 10.9. The van der Waals surface area contributed by atoms with E-state index in [9.17, 15) is 4.26 Å². The van der Waals surface area contributed by atoms with Crippen molar-refractivity contribution in [2.45, 2.75) is 0 Å². The molecular weight excluding hydrogens is 249 g/mol. The molecule has 0 aliphatic heterocycles. The van der Waals surface area contributed by atoms with Crippen LogP contribution in [0.5, 0.6) is 0 Å². The Morgan fingerprint density at radius 2 is 0.833 bits per heavy atom. The predicted octanol–water partition coefficient (Wildman–Crippen LogP) is 1.03. The molecule has 36 valence electrons. The molecule has 6 heteroatoms. The first-order valence-corrected chi connectivity index (χ1v) is 4.58. The van der Waals surface area contributed by atoms with Crippen molar-refractivity contribution < 1.29 is 39.7 Å². The molecule has 0 aliphatic rings. The van der Waals surface area contributed by atoms with Crippen molar-refractivity contribution in [3.63, 3.8) is 0 Å². The molecule has 0 amide bonds. The molecule has 0 fully saturated rings. The van der Waals surface area contributed by atoms with E-state index in [0.29, 0.717) is 0 Å². The van der Waals surface area contributed by atoms with Crippen molar-refractivity contribution in [1.29, 1.82) is 0 Å². The quantitative estimate of drug-likeness (QED) is 0.445. The van der Waals surface area contributed by atoms with E-state index in [1.54, 1.807) is 0 Å². The zero-order chi connectivity index (χ0) is 4.50. The van der Waals surface area contributed by atoms with Gasteiger partial charge in [-0.05, 0) is 0 Å². The molecule has 0 saturated carbocycles. The van der Waals surface area contributed by atoms with E-state index in [1.807, 2.05) is 0 Å². The number of hydrogen-bond acceptors (Lipinski definition) is 0. The minimum atomic E-state index is -7.17. The van der Waals surface area contributed by atoms with Gasteiger partial charge in [-0.15, -0.1) is 0 Å². The molecule has 0 aliphatic carbocycles. The second-order valence-corrected chi connectivity index (χ2v) is 2.60. The Hall–Kier alpha value is 2.06. The molecule has 6 heavy (non-hydrogen) atoms. The maximum atomic E-state index is 9.90. The Morgan fingerprint density at radius 1 is 0.833 bits per heavy atom. The molecule has 0 unspecified atom stereocenters. The summed E-state index contributed by atoms with van der Waals surface area (Å²) in [7, 11) is 0. The molecule has 0 atom stereocenters. The van der Waals surface area contributed by atoms with Crippen molar-refractivity contribution in [2.24, 2.45) is 0 Å². The zero-order valence-corrected chi connectivity index (χ0v) is 4.54. The van der Waals surface area contributed by atoms with Crippen LogP contribution in [0.4, 0.5) is 4.26 Å². The van der Waals surface area contributed by atoms with Crippen molar-refractivity contribution in [1.82, 2.24) is 0 Å². The third-order valence-electron chi connectivity index (χ3n) is 0. The third-order valence-corrected chi connectivity index (χ3v) is 0. The molecular formula is HF4NaSm. The van der Waals surface area contributed by atoms with Gasteiger partial charge in [0.2, 0.25) is 0 Å². The van der Waals surface area contributed by atoms with Crippen LogP contribution in [-0.4, -0.2) is 29.6 Å². The molecule has 0 nitrogen and oxygen atoms in total. The Balaban J connectivity index is 0. The van der Waals surface area contributed by atoms with Gasteiger partial charge in [-0.1, -0.05) is 0 Å². The third kappa shape index (κ3) is 36.6. The van der Waals surface area contributed by atoms with Gasteiger partial charge in [-0.25, -0.2) is 0 Å². The average Bonchev–Trinajstić information content (AvgIpc) is 0.722. The summed E-state index contributed by atoms with van der Waals surface area (Å²) in [5.41, 5.74) is 0. The summed E-state index contributed by atoms with van der Waals surface area (Å²) in [5.74, 6) is 0. The standard InChI is InChI=1S/4FH.Na.Sm.H/h4*1H;;;/q;;;;;+4;/p-4. The van der Waals surface area contributed by atoms with E-state index >= 15 is 0 Å². The topological polar surface area (TPSA) is 0 Å². The Bertz CT molecular complexity index is 23.0. The average molecular weight is 250 g/mol. The molecule has 0 saturated heterocycles. The van der Waals surface area contributed by atoms with Gasteiger partial charge in [0.05, 0.1) is 0 Å². The summed E-state index contributed by atoms with van der Waals surface area (Å²) in [4.78, 5) is 0. The molecule has 0 aromatic carbocycles. The van der Waals surface area contributed by atoms with Crippen LogP contribution in [0.25, 0.3) is 0 Å². The van der Waals surface area contributed by atoms with Crippen LogP contribution < -0.4 is 0 Å². The van der Waals surface area contributed by atoms with Crippen molar-refractivity contribution >= 4 is 29.6 Å². The maximum absolute atomic E-state index is 9.90. The van der Waals surface area contributed by atoms with E-state index < -0.39 is 35.4 Å². The monoisotopic (exact) mass is 252 g/mol. The second-order valence-electron chi connectivity index (χ2n) is 0.350. The molecule has 0 radical (unpaired) electrons. The van der Waals surface area contributed by atoms with Crippen LogP contribution in [0.1, 0.15) is 0 Å².